The Balaban J connectivity index is 1.62. The van der Waals surface area contributed by atoms with E-state index in [1.807, 2.05) is 0 Å². The second-order valence-corrected chi connectivity index (χ2v) is 10.3. The number of nitrogens with zero attached hydrogens (tertiary/aromatic N) is 2. The van der Waals surface area contributed by atoms with Crippen LogP contribution < -0.4 is 14.5 Å². The molecule has 1 fully saturated rings. The lowest BCUT2D eigenvalue weighted by Crippen LogP contribution is -2.47. The van der Waals surface area contributed by atoms with Crippen LogP contribution in [0.2, 0.25) is 0 Å². The molecule has 3 aromatic carbocycles. The number of hydrogen-bond acceptors (Lipinski definition) is 5. The van der Waals surface area contributed by atoms with Gasteiger partial charge in [-0.2, -0.15) is 0 Å². The van der Waals surface area contributed by atoms with E-state index in [0.717, 1.165) is 13.1 Å². The number of benzene rings is 3. The van der Waals surface area contributed by atoms with E-state index in [-0.39, 0.29) is 16.1 Å². The van der Waals surface area contributed by atoms with Gasteiger partial charge in [0.2, 0.25) is 0 Å². The third kappa shape index (κ3) is 4.72. The second-order valence-electron chi connectivity index (χ2n) is 8.60. The van der Waals surface area contributed by atoms with Gasteiger partial charge in [-0.05, 0) is 67.8 Å². The van der Waals surface area contributed by atoms with Gasteiger partial charge in [0.1, 0.15) is 0 Å². The standard InChI is InChI=1S/C26H29N3O4S/c1-18-8-6-9-23(20(18)3)28-13-15-29(16-14-28)24-12-11-21(26(30)31)17-22(24)27-34(32,33)25-10-5-4-7-19(25)2/h4-12,17,27H,13-16H2,1-3H3,(H,30,31). The van der Waals surface area contributed by atoms with Crippen molar-refractivity contribution in [2.45, 2.75) is 25.7 Å². The van der Waals surface area contributed by atoms with Gasteiger partial charge in [-0.1, -0.05) is 30.3 Å². The highest BCUT2D eigenvalue weighted by Gasteiger charge is 2.24. The molecule has 0 bridgehead atoms. The van der Waals surface area contributed by atoms with Crippen LogP contribution in [-0.4, -0.2) is 45.7 Å². The highest BCUT2D eigenvalue weighted by atomic mass is 32.2. The molecule has 7 nitrogen and oxygen atoms in total. The van der Waals surface area contributed by atoms with Gasteiger partial charge < -0.3 is 14.9 Å². The molecule has 8 heteroatoms. The maximum absolute atomic E-state index is 13.2. The van der Waals surface area contributed by atoms with Crippen molar-refractivity contribution in [1.82, 2.24) is 0 Å². The maximum atomic E-state index is 13.2. The summed E-state index contributed by atoms with van der Waals surface area (Å²) in [7, 11) is -3.89. The topological polar surface area (TPSA) is 89.9 Å². The number of sulfonamides is 1. The van der Waals surface area contributed by atoms with E-state index in [9.17, 15) is 18.3 Å². The molecule has 0 amide bonds. The van der Waals surface area contributed by atoms with Crippen molar-refractivity contribution in [3.63, 3.8) is 0 Å². The summed E-state index contributed by atoms with van der Waals surface area (Å²) in [6.45, 7) is 8.86. The van der Waals surface area contributed by atoms with Crippen LogP contribution in [0.1, 0.15) is 27.0 Å². The SMILES string of the molecule is Cc1ccccc1S(=O)(=O)Nc1cc(C(=O)O)ccc1N1CCN(c2cccc(C)c2C)CC1. The fourth-order valence-corrected chi connectivity index (χ4v) is 5.66. The quantitative estimate of drug-likeness (QED) is 0.543. The molecule has 1 heterocycles. The lowest BCUT2D eigenvalue weighted by atomic mass is 10.1. The van der Waals surface area contributed by atoms with Crippen LogP contribution in [0.5, 0.6) is 0 Å². The Morgan fingerprint density at radius 3 is 2.09 bits per heavy atom. The van der Waals surface area contributed by atoms with Gasteiger partial charge in [-0.3, -0.25) is 4.72 Å². The van der Waals surface area contributed by atoms with Crippen LogP contribution in [0.3, 0.4) is 0 Å². The molecule has 178 valence electrons. The summed E-state index contributed by atoms with van der Waals surface area (Å²) < 4.78 is 29.0. The van der Waals surface area contributed by atoms with Crippen molar-refractivity contribution in [1.29, 1.82) is 0 Å². The second kappa shape index (κ2) is 9.38. The first-order valence-electron chi connectivity index (χ1n) is 11.2. The Hall–Kier alpha value is -3.52. The van der Waals surface area contributed by atoms with Gasteiger partial charge in [0.25, 0.3) is 10.0 Å². The highest BCUT2D eigenvalue weighted by molar-refractivity contribution is 7.92. The monoisotopic (exact) mass is 479 g/mol. The number of carboxylic acids is 1. The molecule has 0 atom stereocenters. The highest BCUT2D eigenvalue weighted by Crippen LogP contribution is 2.32. The maximum Gasteiger partial charge on any atom is 0.335 e. The summed E-state index contributed by atoms with van der Waals surface area (Å²) in [5.74, 6) is -1.11. The number of nitrogens with one attached hydrogen (secondary N) is 1. The van der Waals surface area contributed by atoms with Crippen LogP contribution in [0.4, 0.5) is 17.1 Å². The number of aryl methyl sites for hydroxylation is 2. The largest absolute Gasteiger partial charge is 0.478 e. The molecule has 0 saturated carbocycles. The van der Waals surface area contributed by atoms with Crippen molar-refractivity contribution in [3.05, 3.63) is 82.9 Å². The Bertz CT molecular complexity index is 1330. The molecule has 0 aliphatic carbocycles. The minimum atomic E-state index is -3.89. The first kappa shape index (κ1) is 23.6. The minimum Gasteiger partial charge on any atom is -0.478 e. The molecule has 3 aromatic rings. The van der Waals surface area contributed by atoms with Crippen molar-refractivity contribution in [2.24, 2.45) is 0 Å². The third-order valence-corrected chi connectivity index (χ3v) is 7.93. The van der Waals surface area contributed by atoms with Crippen LogP contribution >= 0.6 is 0 Å². The van der Waals surface area contributed by atoms with Crippen LogP contribution in [0.25, 0.3) is 0 Å². The van der Waals surface area contributed by atoms with Gasteiger partial charge in [0.15, 0.2) is 0 Å². The Morgan fingerprint density at radius 2 is 1.44 bits per heavy atom. The van der Waals surface area contributed by atoms with E-state index < -0.39 is 16.0 Å². The Labute approximate surface area is 200 Å². The average Bonchev–Trinajstić information content (AvgIpc) is 2.81. The van der Waals surface area contributed by atoms with E-state index >= 15 is 0 Å². The fourth-order valence-electron chi connectivity index (χ4n) is 4.35. The van der Waals surface area contributed by atoms with E-state index in [2.05, 4.69) is 46.6 Å². The summed E-state index contributed by atoms with van der Waals surface area (Å²) in [6, 6.07) is 17.6. The molecule has 34 heavy (non-hydrogen) atoms. The van der Waals surface area contributed by atoms with Crippen LogP contribution in [0, 0.1) is 20.8 Å². The first-order chi connectivity index (χ1) is 16.2. The molecule has 1 aliphatic heterocycles. The van der Waals surface area contributed by atoms with Gasteiger partial charge in [0, 0.05) is 31.9 Å². The molecule has 0 aromatic heterocycles. The van der Waals surface area contributed by atoms with E-state index in [1.165, 1.54) is 28.9 Å². The number of carboxylic acid groups (broad SMARTS) is 1. The molecule has 1 saturated heterocycles. The summed E-state index contributed by atoms with van der Waals surface area (Å²) in [4.78, 5) is 16.2. The third-order valence-electron chi connectivity index (χ3n) is 6.41. The van der Waals surface area contributed by atoms with Crippen molar-refractivity contribution >= 4 is 33.1 Å². The van der Waals surface area contributed by atoms with Gasteiger partial charge >= 0.3 is 5.97 Å². The summed E-state index contributed by atoms with van der Waals surface area (Å²) >= 11 is 0. The molecular formula is C26H29N3O4S. The zero-order valence-corrected chi connectivity index (χ0v) is 20.4. The zero-order chi connectivity index (χ0) is 24.5. The van der Waals surface area contributed by atoms with Gasteiger partial charge in [-0.15, -0.1) is 0 Å². The molecule has 0 radical (unpaired) electrons. The van der Waals surface area contributed by atoms with Crippen molar-refractivity contribution in [3.8, 4) is 0 Å². The number of carbonyl (C=O) groups is 1. The number of piperazine rings is 1. The van der Waals surface area contributed by atoms with Crippen molar-refractivity contribution < 1.29 is 18.3 Å². The van der Waals surface area contributed by atoms with Gasteiger partial charge in [-0.25, -0.2) is 13.2 Å². The predicted molar refractivity (Wildman–Crippen MR) is 136 cm³/mol. The lowest BCUT2D eigenvalue weighted by Gasteiger charge is -2.39. The molecule has 2 N–H and O–H groups in total. The first-order valence-corrected chi connectivity index (χ1v) is 12.7. The Kier molecular flexibility index (Phi) is 6.52. The molecule has 4 rings (SSSR count). The number of rotatable bonds is 6. The zero-order valence-electron chi connectivity index (χ0n) is 19.6. The van der Waals surface area contributed by atoms with E-state index in [1.54, 1.807) is 37.3 Å². The average molecular weight is 480 g/mol. The molecule has 0 spiro atoms. The van der Waals surface area contributed by atoms with Crippen LogP contribution in [-0.2, 0) is 10.0 Å². The summed E-state index contributed by atoms with van der Waals surface area (Å²) in [5.41, 5.74) is 5.30. The normalized spacial score (nSPS) is 14.2. The number of hydrogen-bond donors (Lipinski definition) is 2. The van der Waals surface area contributed by atoms with E-state index in [4.69, 9.17) is 0 Å². The van der Waals surface area contributed by atoms with Crippen molar-refractivity contribution in [2.75, 3.05) is 40.7 Å². The molecular weight excluding hydrogens is 450 g/mol. The summed E-state index contributed by atoms with van der Waals surface area (Å²) in [5, 5.41) is 9.48. The minimum absolute atomic E-state index is 0.0280. The molecule has 0 unspecified atom stereocenters. The van der Waals surface area contributed by atoms with Gasteiger partial charge in [0.05, 0.1) is 21.8 Å². The molecule has 1 aliphatic rings. The summed E-state index contributed by atoms with van der Waals surface area (Å²) in [6.07, 6.45) is 0. The number of aromatic carboxylic acids is 1. The predicted octanol–water partition coefficient (Wildman–Crippen LogP) is 4.44. The smallest absolute Gasteiger partial charge is 0.335 e. The Morgan fingerprint density at radius 1 is 0.824 bits per heavy atom. The lowest BCUT2D eigenvalue weighted by molar-refractivity contribution is 0.0697. The fraction of sp³-hybridized carbons (Fsp3) is 0.269. The van der Waals surface area contributed by atoms with E-state index in [0.29, 0.717) is 24.3 Å². The van der Waals surface area contributed by atoms with Crippen LogP contribution in [0.15, 0.2) is 65.6 Å². The number of anilines is 3.